The normalized spacial score (nSPS) is 9.89. The number of ketones is 1. The molecule has 0 aliphatic heterocycles. The van der Waals surface area contributed by atoms with Crippen LogP contribution in [0.1, 0.15) is 34.7 Å². The highest BCUT2D eigenvalue weighted by atomic mass is 79.9. The van der Waals surface area contributed by atoms with E-state index in [0.29, 0.717) is 21.2 Å². The summed E-state index contributed by atoms with van der Waals surface area (Å²) in [6.45, 7) is 4.28. The number of para-hydroxylation sites is 1. The van der Waals surface area contributed by atoms with Crippen LogP contribution in [-0.2, 0) is 4.74 Å². The molecule has 102 valence electrons. The van der Waals surface area contributed by atoms with Crippen molar-refractivity contribution in [3.8, 4) is 0 Å². The van der Waals surface area contributed by atoms with Gasteiger partial charge in [-0.2, -0.15) is 0 Å². The van der Waals surface area contributed by atoms with Crippen LogP contribution in [0.25, 0.3) is 10.9 Å². The smallest absolute Gasteiger partial charge is 0.167 e. The van der Waals surface area contributed by atoms with Crippen molar-refractivity contribution in [1.29, 1.82) is 0 Å². The number of methoxy groups -OCH3 is 1. The van der Waals surface area contributed by atoms with Gasteiger partial charge in [0.25, 0.3) is 0 Å². The van der Waals surface area contributed by atoms with Crippen molar-refractivity contribution in [2.45, 2.75) is 13.8 Å². The van der Waals surface area contributed by atoms with Gasteiger partial charge in [-0.15, -0.1) is 0 Å². The van der Waals surface area contributed by atoms with E-state index in [0.717, 1.165) is 18.3 Å². The quantitative estimate of drug-likeness (QED) is 0.692. The van der Waals surface area contributed by atoms with Gasteiger partial charge >= 0.3 is 0 Å². The fourth-order valence-corrected chi connectivity index (χ4v) is 2.10. The van der Waals surface area contributed by atoms with E-state index in [2.05, 4.69) is 25.7 Å². The van der Waals surface area contributed by atoms with Crippen LogP contribution in [0.4, 0.5) is 0 Å². The fraction of sp³-hybridized carbons (Fsp3) is 0.286. The summed E-state index contributed by atoms with van der Waals surface area (Å²) in [6.07, 6.45) is 0.730. The van der Waals surface area contributed by atoms with Crippen LogP contribution in [0.2, 0.25) is 0 Å². The summed E-state index contributed by atoms with van der Waals surface area (Å²) in [5.74, 6) is -0.0215. The average Bonchev–Trinajstić information content (AvgIpc) is 2.75. The Labute approximate surface area is 120 Å². The van der Waals surface area contributed by atoms with Crippen molar-refractivity contribution in [3.05, 3.63) is 33.9 Å². The van der Waals surface area contributed by atoms with Gasteiger partial charge in [0.2, 0.25) is 0 Å². The average molecular weight is 326 g/mol. The standard InChI is InChI=1S/C11H8BrNO2.C3H8O/c1-6(15)7-3-2-4-8-10(12)9(5-14)13-11(7)8;1-3-4-2/h2-5,13H,1H3;3H2,1-2H3. The van der Waals surface area contributed by atoms with E-state index in [1.165, 1.54) is 6.92 Å². The van der Waals surface area contributed by atoms with Gasteiger partial charge < -0.3 is 9.72 Å². The Kier molecular flexibility index (Phi) is 5.92. The van der Waals surface area contributed by atoms with Crippen LogP contribution in [0.15, 0.2) is 22.7 Å². The van der Waals surface area contributed by atoms with E-state index in [1.54, 1.807) is 19.2 Å². The number of aldehydes is 1. The van der Waals surface area contributed by atoms with Gasteiger partial charge in [0.05, 0.1) is 15.7 Å². The molecule has 1 heterocycles. The maximum Gasteiger partial charge on any atom is 0.167 e. The zero-order chi connectivity index (χ0) is 14.4. The molecule has 1 N–H and O–H groups in total. The Morgan fingerprint density at radius 2 is 2.11 bits per heavy atom. The predicted octanol–water partition coefficient (Wildman–Crippen LogP) is 3.60. The van der Waals surface area contributed by atoms with Crippen LogP contribution in [0.5, 0.6) is 0 Å². The molecular weight excluding hydrogens is 310 g/mol. The number of halogens is 1. The highest BCUT2D eigenvalue weighted by Gasteiger charge is 2.12. The number of fused-ring (bicyclic) bond motifs is 1. The lowest BCUT2D eigenvalue weighted by Crippen LogP contribution is -1.92. The van der Waals surface area contributed by atoms with Crippen LogP contribution >= 0.6 is 15.9 Å². The van der Waals surface area contributed by atoms with Gasteiger partial charge in [0, 0.05) is 24.7 Å². The molecule has 0 unspecified atom stereocenters. The molecule has 0 amide bonds. The van der Waals surface area contributed by atoms with Gasteiger partial charge in [-0.1, -0.05) is 12.1 Å². The summed E-state index contributed by atoms with van der Waals surface area (Å²) in [5, 5.41) is 0.852. The van der Waals surface area contributed by atoms with Crippen molar-refractivity contribution in [3.63, 3.8) is 0 Å². The molecule has 1 aromatic heterocycles. The molecular formula is C14H16BrNO3. The second kappa shape index (κ2) is 7.21. The molecule has 0 aliphatic carbocycles. The van der Waals surface area contributed by atoms with Gasteiger partial charge in [-0.3, -0.25) is 9.59 Å². The topological polar surface area (TPSA) is 59.2 Å². The molecule has 2 aromatic rings. The number of hydrogen-bond acceptors (Lipinski definition) is 3. The van der Waals surface area contributed by atoms with Crippen molar-refractivity contribution in [1.82, 2.24) is 4.98 Å². The van der Waals surface area contributed by atoms with Crippen LogP contribution in [-0.4, -0.2) is 30.8 Å². The SMILES string of the molecule is CC(=O)c1cccc2c(Br)c(C=O)[nH]c12.CCOC. The predicted molar refractivity (Wildman–Crippen MR) is 78.9 cm³/mol. The van der Waals surface area contributed by atoms with E-state index < -0.39 is 0 Å². The number of rotatable bonds is 3. The zero-order valence-electron chi connectivity index (χ0n) is 11.1. The first-order chi connectivity index (χ1) is 9.06. The number of nitrogens with one attached hydrogen (secondary N) is 1. The largest absolute Gasteiger partial charge is 0.385 e. The molecule has 5 heteroatoms. The minimum atomic E-state index is -0.0215. The highest BCUT2D eigenvalue weighted by Crippen LogP contribution is 2.29. The summed E-state index contributed by atoms with van der Waals surface area (Å²) in [4.78, 5) is 25.0. The number of ether oxygens (including phenoxy) is 1. The molecule has 1 aromatic carbocycles. The number of aromatic nitrogens is 1. The Hall–Kier alpha value is -1.46. The zero-order valence-corrected chi connectivity index (χ0v) is 12.7. The first-order valence-corrected chi connectivity index (χ1v) is 6.61. The van der Waals surface area contributed by atoms with Gasteiger partial charge in [-0.25, -0.2) is 0 Å². The number of carbonyl (C=O) groups is 2. The van der Waals surface area contributed by atoms with Crippen molar-refractivity contribution >= 4 is 38.9 Å². The number of Topliss-reactive ketones (excluding diaryl/α,β-unsaturated/α-hetero) is 1. The first-order valence-electron chi connectivity index (χ1n) is 5.82. The third kappa shape index (κ3) is 3.52. The van der Waals surface area contributed by atoms with Gasteiger partial charge in [0.15, 0.2) is 12.1 Å². The second-order valence-corrected chi connectivity index (χ2v) is 4.63. The maximum absolute atomic E-state index is 11.3. The van der Waals surface area contributed by atoms with Crippen LogP contribution in [0.3, 0.4) is 0 Å². The molecule has 0 atom stereocenters. The molecule has 0 spiro atoms. The number of aromatic amines is 1. The van der Waals surface area contributed by atoms with E-state index in [1.807, 2.05) is 13.0 Å². The first kappa shape index (κ1) is 15.6. The molecule has 19 heavy (non-hydrogen) atoms. The fourth-order valence-electron chi connectivity index (χ4n) is 1.58. The molecule has 0 bridgehead atoms. The molecule has 0 radical (unpaired) electrons. The van der Waals surface area contributed by atoms with Crippen molar-refractivity contribution in [2.75, 3.05) is 13.7 Å². The second-order valence-electron chi connectivity index (χ2n) is 3.83. The van der Waals surface area contributed by atoms with Gasteiger partial charge in [0.1, 0.15) is 0 Å². The monoisotopic (exact) mass is 325 g/mol. The summed E-state index contributed by atoms with van der Waals surface area (Å²) >= 11 is 3.32. The van der Waals surface area contributed by atoms with E-state index in [9.17, 15) is 9.59 Å². The van der Waals surface area contributed by atoms with Crippen molar-refractivity contribution in [2.24, 2.45) is 0 Å². The Bertz CT molecular complexity index is 588. The Morgan fingerprint density at radius 1 is 1.47 bits per heavy atom. The number of H-pyrrole nitrogens is 1. The van der Waals surface area contributed by atoms with E-state index >= 15 is 0 Å². The summed E-state index contributed by atoms with van der Waals surface area (Å²) in [5.41, 5.74) is 1.76. The molecule has 0 saturated heterocycles. The minimum Gasteiger partial charge on any atom is -0.385 e. The molecule has 2 rings (SSSR count). The summed E-state index contributed by atoms with van der Waals surface area (Å²) in [7, 11) is 1.68. The van der Waals surface area contributed by atoms with Crippen molar-refractivity contribution < 1.29 is 14.3 Å². The van der Waals surface area contributed by atoms with E-state index in [-0.39, 0.29) is 5.78 Å². The third-order valence-corrected chi connectivity index (χ3v) is 3.44. The maximum atomic E-state index is 11.3. The third-order valence-electron chi connectivity index (χ3n) is 2.58. The lowest BCUT2D eigenvalue weighted by Gasteiger charge is -1.97. The Balaban J connectivity index is 0.000000399. The highest BCUT2D eigenvalue weighted by molar-refractivity contribution is 9.10. The summed E-state index contributed by atoms with van der Waals surface area (Å²) < 4.78 is 5.25. The summed E-state index contributed by atoms with van der Waals surface area (Å²) in [6, 6.07) is 5.39. The molecule has 0 fully saturated rings. The minimum absolute atomic E-state index is 0.0215. The molecule has 4 nitrogen and oxygen atoms in total. The van der Waals surface area contributed by atoms with E-state index in [4.69, 9.17) is 0 Å². The number of benzene rings is 1. The lowest BCUT2D eigenvalue weighted by atomic mass is 10.1. The molecule has 0 aliphatic rings. The van der Waals surface area contributed by atoms with Crippen LogP contribution in [0, 0.1) is 0 Å². The Morgan fingerprint density at radius 3 is 2.58 bits per heavy atom. The lowest BCUT2D eigenvalue weighted by molar-refractivity contribution is 0.101. The van der Waals surface area contributed by atoms with Gasteiger partial charge in [-0.05, 0) is 35.8 Å². The van der Waals surface area contributed by atoms with Crippen LogP contribution < -0.4 is 0 Å². The number of hydrogen-bond donors (Lipinski definition) is 1. The number of carbonyl (C=O) groups excluding carboxylic acids is 2. The molecule has 0 saturated carbocycles.